The number of pyridine rings is 1. The van der Waals surface area contributed by atoms with Gasteiger partial charge in [0.15, 0.2) is 0 Å². The van der Waals surface area contributed by atoms with E-state index in [-0.39, 0.29) is 0 Å². The number of hydrogen-bond acceptors (Lipinski definition) is 5. The summed E-state index contributed by atoms with van der Waals surface area (Å²) >= 11 is 3.50. The maximum absolute atomic E-state index is 12.6. The van der Waals surface area contributed by atoms with E-state index in [2.05, 4.69) is 38.0 Å². The topological polar surface area (TPSA) is 82.0 Å². The number of anilines is 1. The van der Waals surface area contributed by atoms with Gasteiger partial charge in [0.2, 0.25) is 12.3 Å². The molecule has 0 aliphatic carbocycles. The quantitative estimate of drug-likeness (QED) is 0.207. The highest BCUT2D eigenvalue weighted by Gasteiger charge is 2.29. The second kappa shape index (κ2) is 10.1. The number of imidazole rings is 2. The third-order valence-corrected chi connectivity index (χ3v) is 7.08. The van der Waals surface area contributed by atoms with E-state index in [1.807, 2.05) is 83.2 Å². The van der Waals surface area contributed by atoms with Crippen LogP contribution >= 0.6 is 15.9 Å². The molecule has 0 bridgehead atoms. The van der Waals surface area contributed by atoms with Crippen LogP contribution in [0.3, 0.4) is 0 Å². The van der Waals surface area contributed by atoms with Crippen LogP contribution in [-0.2, 0) is 18.3 Å². The zero-order valence-corrected chi connectivity index (χ0v) is 22.1. The Balaban J connectivity index is 1.40. The Kier molecular flexibility index (Phi) is 6.35. The van der Waals surface area contributed by atoms with Gasteiger partial charge in [-0.2, -0.15) is 0 Å². The molecule has 0 fully saturated rings. The van der Waals surface area contributed by atoms with Crippen molar-refractivity contribution in [2.75, 3.05) is 4.90 Å². The monoisotopic (exact) mass is 566 g/mol. The lowest BCUT2D eigenvalue weighted by atomic mass is 10.1. The number of nitrogens with zero attached hydrogens (tertiary/aromatic N) is 6. The Morgan fingerprint density at radius 1 is 1.05 bits per heavy atom. The third-order valence-electron chi connectivity index (χ3n) is 6.59. The highest BCUT2D eigenvalue weighted by molar-refractivity contribution is 9.10. The van der Waals surface area contributed by atoms with Crippen molar-refractivity contribution >= 4 is 39.2 Å². The summed E-state index contributed by atoms with van der Waals surface area (Å²) in [6.07, 6.45) is 10.3. The first-order chi connectivity index (χ1) is 18.6. The molecule has 6 rings (SSSR count). The van der Waals surface area contributed by atoms with E-state index in [9.17, 15) is 4.79 Å². The summed E-state index contributed by atoms with van der Waals surface area (Å²) in [6.45, 7) is 0. The van der Waals surface area contributed by atoms with E-state index >= 15 is 0 Å². The van der Waals surface area contributed by atoms with Gasteiger partial charge in [0, 0.05) is 59.4 Å². The number of benzene rings is 2. The van der Waals surface area contributed by atoms with Crippen LogP contribution in [0.2, 0.25) is 0 Å². The van der Waals surface area contributed by atoms with E-state index < -0.39 is 6.04 Å². The number of hydrogen-bond donors (Lipinski definition) is 0. The third kappa shape index (κ3) is 4.52. The van der Waals surface area contributed by atoms with Crippen molar-refractivity contribution in [2.45, 2.75) is 12.5 Å². The van der Waals surface area contributed by atoms with Gasteiger partial charge in [0.25, 0.3) is 0 Å². The van der Waals surface area contributed by atoms with Crippen LogP contribution in [0.5, 0.6) is 0 Å². The van der Waals surface area contributed by atoms with Crippen molar-refractivity contribution < 1.29 is 9.21 Å². The molecule has 8 nitrogen and oxygen atoms in total. The van der Waals surface area contributed by atoms with E-state index in [4.69, 9.17) is 9.40 Å². The average molecular weight is 567 g/mol. The molecule has 0 aliphatic rings. The summed E-state index contributed by atoms with van der Waals surface area (Å²) < 4.78 is 11.0. The standard InChI is InChI=1S/C29H23BrN6O2/c1-34-26(20-5-8-24(9-6-20)35-13-12-31-18-35)17-33-29(34)25(16-23-4-2-3-11-32-23)36(19-37)28-15-21-14-22(30)7-10-27(21)38-28/h2-15,17-19,25H,16H2,1H3/t25-/m0/s1. The number of rotatable bonds is 8. The molecule has 0 aliphatic heterocycles. The van der Waals surface area contributed by atoms with Gasteiger partial charge in [0.1, 0.15) is 17.4 Å². The SMILES string of the molecule is Cn1c(-c2ccc(-n3ccnc3)cc2)cnc1[C@H](Cc1ccccn1)N(C=O)c1cc2cc(Br)ccc2o1. The zero-order valence-electron chi connectivity index (χ0n) is 20.5. The minimum atomic E-state index is -0.449. The maximum atomic E-state index is 12.6. The Morgan fingerprint density at radius 3 is 2.66 bits per heavy atom. The maximum Gasteiger partial charge on any atom is 0.217 e. The van der Waals surface area contributed by atoms with E-state index in [1.54, 1.807) is 23.6 Å². The molecule has 188 valence electrons. The first-order valence-corrected chi connectivity index (χ1v) is 12.8. The average Bonchev–Trinajstić information content (AvgIpc) is 3.69. The second-order valence-corrected chi connectivity index (χ2v) is 9.81. The fourth-order valence-electron chi connectivity index (χ4n) is 4.66. The van der Waals surface area contributed by atoms with Crippen molar-refractivity contribution in [3.63, 3.8) is 0 Å². The van der Waals surface area contributed by atoms with Gasteiger partial charge < -0.3 is 13.6 Å². The van der Waals surface area contributed by atoms with Gasteiger partial charge in [-0.3, -0.25) is 14.7 Å². The van der Waals surface area contributed by atoms with Gasteiger partial charge in [-0.05, 0) is 48.0 Å². The molecule has 4 heterocycles. The van der Waals surface area contributed by atoms with Crippen molar-refractivity contribution in [1.29, 1.82) is 0 Å². The number of aromatic nitrogens is 5. The largest absolute Gasteiger partial charge is 0.440 e. The van der Waals surface area contributed by atoms with Gasteiger partial charge in [0.05, 0.1) is 18.2 Å². The summed E-state index contributed by atoms with van der Waals surface area (Å²) in [5, 5.41) is 0.899. The van der Waals surface area contributed by atoms with Crippen molar-refractivity contribution in [3.05, 3.63) is 114 Å². The number of halogens is 1. The van der Waals surface area contributed by atoms with Crippen molar-refractivity contribution in [2.24, 2.45) is 7.05 Å². The Hall–Kier alpha value is -4.50. The van der Waals surface area contributed by atoms with Gasteiger partial charge in [-0.1, -0.05) is 34.1 Å². The summed E-state index contributed by atoms with van der Waals surface area (Å²) in [4.78, 5) is 27.6. The summed E-state index contributed by atoms with van der Waals surface area (Å²) in [5.74, 6) is 1.17. The minimum absolute atomic E-state index is 0.447. The lowest BCUT2D eigenvalue weighted by molar-refractivity contribution is -0.108. The highest BCUT2D eigenvalue weighted by Crippen LogP contribution is 2.35. The molecule has 1 atom stereocenters. The lowest BCUT2D eigenvalue weighted by Gasteiger charge is -2.26. The Morgan fingerprint density at radius 2 is 1.92 bits per heavy atom. The number of fused-ring (bicyclic) bond motifs is 1. The van der Waals surface area contributed by atoms with E-state index in [0.29, 0.717) is 17.9 Å². The molecule has 38 heavy (non-hydrogen) atoms. The van der Waals surface area contributed by atoms with Crippen molar-refractivity contribution in [3.8, 4) is 16.9 Å². The van der Waals surface area contributed by atoms with Crippen LogP contribution in [-0.4, -0.2) is 30.5 Å². The molecule has 0 unspecified atom stereocenters. The molecular weight excluding hydrogens is 544 g/mol. The second-order valence-electron chi connectivity index (χ2n) is 8.90. The Bertz CT molecular complexity index is 1690. The van der Waals surface area contributed by atoms with Gasteiger partial charge in [-0.15, -0.1) is 0 Å². The molecule has 0 N–H and O–H groups in total. The molecule has 0 spiro atoms. The van der Waals surface area contributed by atoms with Crippen LogP contribution in [0, 0.1) is 0 Å². The molecule has 4 aromatic heterocycles. The van der Waals surface area contributed by atoms with Crippen molar-refractivity contribution in [1.82, 2.24) is 24.1 Å². The van der Waals surface area contributed by atoms with E-state index in [1.165, 1.54) is 0 Å². The first kappa shape index (κ1) is 23.9. The van der Waals surface area contributed by atoms with E-state index in [0.717, 1.165) is 44.7 Å². The summed E-state index contributed by atoms with van der Waals surface area (Å²) in [7, 11) is 1.96. The normalized spacial score (nSPS) is 12.1. The number of carbonyl (C=O) groups excluding carboxylic acids is 1. The fourth-order valence-corrected chi connectivity index (χ4v) is 5.03. The minimum Gasteiger partial charge on any atom is -0.440 e. The summed E-state index contributed by atoms with van der Waals surface area (Å²) in [5.41, 5.74) is 4.51. The molecular formula is C29H23BrN6O2. The molecule has 0 radical (unpaired) electrons. The first-order valence-electron chi connectivity index (χ1n) is 12.0. The van der Waals surface area contributed by atoms with Crippen LogP contribution < -0.4 is 4.90 Å². The molecule has 1 amide bonds. The molecule has 6 aromatic rings. The lowest BCUT2D eigenvalue weighted by Crippen LogP contribution is -2.31. The predicted octanol–water partition coefficient (Wildman–Crippen LogP) is 6.12. The molecule has 2 aromatic carbocycles. The van der Waals surface area contributed by atoms with Crippen LogP contribution in [0.4, 0.5) is 5.88 Å². The van der Waals surface area contributed by atoms with Crippen LogP contribution in [0.25, 0.3) is 27.9 Å². The zero-order chi connectivity index (χ0) is 26.1. The Labute approximate surface area is 227 Å². The molecule has 0 saturated heterocycles. The molecule has 0 saturated carbocycles. The molecule has 9 heteroatoms. The van der Waals surface area contributed by atoms with Crippen LogP contribution in [0.1, 0.15) is 17.6 Å². The summed E-state index contributed by atoms with van der Waals surface area (Å²) in [6, 6.07) is 21.1. The van der Waals surface area contributed by atoms with Crippen LogP contribution in [0.15, 0.2) is 107 Å². The number of amides is 1. The van der Waals surface area contributed by atoms with Gasteiger partial charge >= 0.3 is 0 Å². The highest BCUT2D eigenvalue weighted by atomic mass is 79.9. The predicted molar refractivity (Wildman–Crippen MR) is 149 cm³/mol. The number of carbonyl (C=O) groups is 1. The fraction of sp³-hybridized carbons (Fsp3) is 0.103. The number of furan rings is 1. The van der Waals surface area contributed by atoms with Gasteiger partial charge in [-0.25, -0.2) is 9.97 Å². The smallest absolute Gasteiger partial charge is 0.217 e.